The van der Waals surface area contributed by atoms with Gasteiger partial charge in [-0.1, -0.05) is 35.5 Å². The maximum absolute atomic E-state index is 12.6. The summed E-state index contributed by atoms with van der Waals surface area (Å²) in [6.07, 6.45) is 1.70. The molecule has 10 heteroatoms. The molecule has 2 amide bonds. The third kappa shape index (κ3) is 7.05. The number of rotatable bonds is 11. The van der Waals surface area contributed by atoms with Crippen molar-refractivity contribution < 1.29 is 19.1 Å². The molecular formula is C26H29N5O4S. The van der Waals surface area contributed by atoms with Crippen LogP contribution in [0.2, 0.25) is 0 Å². The number of benzene rings is 2. The molecule has 3 aromatic rings. The van der Waals surface area contributed by atoms with Gasteiger partial charge in [0.2, 0.25) is 5.91 Å². The minimum absolute atomic E-state index is 0.0962. The van der Waals surface area contributed by atoms with E-state index in [1.807, 2.05) is 30.5 Å². The lowest BCUT2D eigenvalue weighted by molar-refractivity contribution is -0.113. The van der Waals surface area contributed by atoms with Crippen LogP contribution in [-0.4, -0.2) is 44.9 Å². The van der Waals surface area contributed by atoms with Crippen molar-refractivity contribution in [2.45, 2.75) is 38.5 Å². The van der Waals surface area contributed by atoms with Gasteiger partial charge in [-0.2, -0.15) is 0 Å². The van der Waals surface area contributed by atoms with Gasteiger partial charge in [0.25, 0.3) is 5.91 Å². The van der Waals surface area contributed by atoms with Crippen molar-refractivity contribution in [1.82, 2.24) is 20.1 Å². The first-order valence-electron chi connectivity index (χ1n) is 11.4. The smallest absolute Gasteiger partial charge is 0.338 e. The van der Waals surface area contributed by atoms with Gasteiger partial charge in [0.15, 0.2) is 11.0 Å². The highest BCUT2D eigenvalue weighted by atomic mass is 32.2. The molecule has 0 aliphatic rings. The zero-order chi connectivity index (χ0) is 26.1. The standard InChI is InChI=1S/C26H29N5O4S/c1-5-15-31-23(18(4)27-24(33)19-9-7-17(3)8-10-19)29-30-26(31)36-16-22(32)28-21-13-11-20(12-14-21)25(34)35-6-2/h5,7-14,18H,1,6,15-16H2,2-4H3,(H,27,33)(H,28,32)/t18-/m0/s1. The zero-order valence-corrected chi connectivity index (χ0v) is 21.3. The van der Waals surface area contributed by atoms with E-state index in [4.69, 9.17) is 4.74 Å². The summed E-state index contributed by atoms with van der Waals surface area (Å²) in [4.78, 5) is 36.9. The van der Waals surface area contributed by atoms with Crippen molar-refractivity contribution in [3.8, 4) is 0 Å². The fourth-order valence-electron chi connectivity index (χ4n) is 3.31. The first-order chi connectivity index (χ1) is 17.3. The molecule has 2 aromatic carbocycles. The van der Waals surface area contributed by atoms with Crippen molar-refractivity contribution in [2.24, 2.45) is 0 Å². The number of hydrogen-bond donors (Lipinski definition) is 2. The van der Waals surface area contributed by atoms with Gasteiger partial charge in [-0.25, -0.2) is 4.79 Å². The van der Waals surface area contributed by atoms with E-state index in [1.54, 1.807) is 49.4 Å². The van der Waals surface area contributed by atoms with Crippen LogP contribution in [-0.2, 0) is 16.1 Å². The van der Waals surface area contributed by atoms with Crippen LogP contribution >= 0.6 is 11.8 Å². The van der Waals surface area contributed by atoms with Crippen molar-refractivity contribution >= 4 is 35.2 Å². The number of aryl methyl sites for hydroxylation is 1. The fraction of sp³-hybridized carbons (Fsp3) is 0.269. The van der Waals surface area contributed by atoms with Crippen LogP contribution in [0.1, 0.15) is 52.0 Å². The second-order valence-electron chi connectivity index (χ2n) is 7.94. The van der Waals surface area contributed by atoms with Crippen molar-refractivity contribution in [1.29, 1.82) is 0 Å². The molecule has 1 atom stereocenters. The number of allylic oxidation sites excluding steroid dienone is 1. The number of carbonyl (C=O) groups excluding carboxylic acids is 3. The predicted octanol–water partition coefficient (Wildman–Crippen LogP) is 4.17. The molecule has 0 saturated heterocycles. The number of nitrogens with one attached hydrogen (secondary N) is 2. The Kier molecular flexibility index (Phi) is 9.40. The van der Waals surface area contributed by atoms with Gasteiger partial charge in [-0.05, 0) is 57.2 Å². The number of thioether (sulfide) groups is 1. The highest BCUT2D eigenvalue weighted by molar-refractivity contribution is 7.99. The second-order valence-corrected chi connectivity index (χ2v) is 8.88. The molecule has 9 nitrogen and oxygen atoms in total. The Morgan fingerprint density at radius 3 is 2.39 bits per heavy atom. The van der Waals surface area contributed by atoms with Crippen LogP contribution in [0.3, 0.4) is 0 Å². The molecular weight excluding hydrogens is 478 g/mol. The molecule has 0 spiro atoms. The molecule has 0 aliphatic heterocycles. The molecule has 1 heterocycles. The van der Waals surface area contributed by atoms with E-state index in [0.717, 1.165) is 5.56 Å². The quantitative estimate of drug-likeness (QED) is 0.227. The zero-order valence-electron chi connectivity index (χ0n) is 20.5. The number of aromatic nitrogens is 3. The van der Waals surface area contributed by atoms with Crippen LogP contribution in [0.5, 0.6) is 0 Å². The number of ether oxygens (including phenoxy) is 1. The summed E-state index contributed by atoms with van der Waals surface area (Å²) in [5.74, 6) is -0.197. The summed E-state index contributed by atoms with van der Waals surface area (Å²) >= 11 is 1.23. The third-order valence-corrected chi connectivity index (χ3v) is 6.08. The topological polar surface area (TPSA) is 115 Å². The van der Waals surface area contributed by atoms with Crippen LogP contribution in [0.4, 0.5) is 5.69 Å². The summed E-state index contributed by atoms with van der Waals surface area (Å²) in [6.45, 7) is 10.0. The van der Waals surface area contributed by atoms with Crippen LogP contribution in [0.25, 0.3) is 0 Å². The lowest BCUT2D eigenvalue weighted by atomic mass is 10.1. The minimum atomic E-state index is -0.410. The Hall–Kier alpha value is -3.92. The summed E-state index contributed by atoms with van der Waals surface area (Å²) in [5.41, 5.74) is 2.61. The van der Waals surface area contributed by atoms with Gasteiger partial charge in [0, 0.05) is 17.8 Å². The third-order valence-electron chi connectivity index (χ3n) is 5.12. The fourth-order valence-corrected chi connectivity index (χ4v) is 4.06. The number of anilines is 1. The molecule has 0 bridgehead atoms. The van der Waals surface area contributed by atoms with Crippen molar-refractivity contribution in [3.63, 3.8) is 0 Å². The van der Waals surface area contributed by atoms with E-state index < -0.39 is 12.0 Å². The highest BCUT2D eigenvalue weighted by Crippen LogP contribution is 2.22. The monoisotopic (exact) mass is 507 g/mol. The number of nitrogens with zero attached hydrogens (tertiary/aromatic N) is 3. The Bertz CT molecular complexity index is 1220. The molecule has 36 heavy (non-hydrogen) atoms. The largest absolute Gasteiger partial charge is 0.462 e. The van der Waals surface area contributed by atoms with Crippen LogP contribution in [0.15, 0.2) is 66.3 Å². The first-order valence-corrected chi connectivity index (χ1v) is 12.4. The normalized spacial score (nSPS) is 11.4. The van der Waals surface area contributed by atoms with Gasteiger partial charge in [0.05, 0.1) is 24.0 Å². The van der Waals surface area contributed by atoms with Gasteiger partial charge in [0.1, 0.15) is 0 Å². The Morgan fingerprint density at radius 2 is 1.75 bits per heavy atom. The summed E-state index contributed by atoms with van der Waals surface area (Å²) < 4.78 is 6.78. The molecule has 0 radical (unpaired) electrons. The molecule has 0 fully saturated rings. The van der Waals surface area contributed by atoms with E-state index in [2.05, 4.69) is 27.4 Å². The van der Waals surface area contributed by atoms with Crippen molar-refractivity contribution in [2.75, 3.05) is 17.7 Å². The lowest BCUT2D eigenvalue weighted by Gasteiger charge is -2.15. The second kappa shape index (κ2) is 12.7. The number of amides is 2. The van der Waals surface area contributed by atoms with E-state index in [1.165, 1.54) is 11.8 Å². The van der Waals surface area contributed by atoms with Crippen molar-refractivity contribution in [3.05, 3.63) is 83.7 Å². The minimum Gasteiger partial charge on any atom is -0.462 e. The lowest BCUT2D eigenvalue weighted by Crippen LogP contribution is -2.28. The Morgan fingerprint density at radius 1 is 1.08 bits per heavy atom. The molecule has 3 rings (SSSR count). The van der Waals surface area contributed by atoms with Gasteiger partial charge < -0.3 is 19.9 Å². The summed E-state index contributed by atoms with van der Waals surface area (Å²) in [7, 11) is 0. The van der Waals surface area contributed by atoms with Gasteiger partial charge in [-0.3, -0.25) is 9.59 Å². The van der Waals surface area contributed by atoms with Gasteiger partial charge in [-0.15, -0.1) is 16.8 Å². The molecule has 0 unspecified atom stereocenters. The maximum Gasteiger partial charge on any atom is 0.338 e. The average molecular weight is 508 g/mol. The Labute approximate surface area is 214 Å². The van der Waals surface area contributed by atoms with E-state index in [9.17, 15) is 14.4 Å². The van der Waals surface area contributed by atoms with E-state index >= 15 is 0 Å². The first kappa shape index (κ1) is 26.7. The molecule has 0 aliphatic carbocycles. The summed E-state index contributed by atoms with van der Waals surface area (Å²) in [6, 6.07) is 13.4. The summed E-state index contributed by atoms with van der Waals surface area (Å²) in [5, 5.41) is 14.7. The van der Waals surface area contributed by atoms with Crippen LogP contribution < -0.4 is 10.6 Å². The SMILES string of the molecule is C=CCn1c(SCC(=O)Nc2ccc(C(=O)OCC)cc2)nnc1[C@H](C)NC(=O)c1ccc(C)cc1. The molecule has 1 aromatic heterocycles. The highest BCUT2D eigenvalue weighted by Gasteiger charge is 2.20. The number of esters is 1. The van der Waals surface area contributed by atoms with E-state index in [-0.39, 0.29) is 17.6 Å². The molecule has 0 saturated carbocycles. The maximum atomic E-state index is 12.6. The van der Waals surface area contributed by atoms with E-state index in [0.29, 0.717) is 40.9 Å². The number of hydrogen-bond acceptors (Lipinski definition) is 7. The predicted molar refractivity (Wildman–Crippen MR) is 139 cm³/mol. The Balaban J connectivity index is 1.61. The van der Waals surface area contributed by atoms with Gasteiger partial charge >= 0.3 is 5.97 Å². The molecule has 188 valence electrons. The molecule has 2 N–H and O–H groups in total. The average Bonchev–Trinajstić information content (AvgIpc) is 3.26. The number of carbonyl (C=O) groups is 3. The van der Waals surface area contributed by atoms with Crippen LogP contribution in [0, 0.1) is 6.92 Å².